The number of rotatable bonds is 7. The molecule has 4 nitrogen and oxygen atoms in total. The first-order chi connectivity index (χ1) is 10.7. The highest BCUT2D eigenvalue weighted by Gasteiger charge is 2.13. The smallest absolute Gasteiger partial charge is 0.135 e. The van der Waals surface area contributed by atoms with Gasteiger partial charge in [0.1, 0.15) is 11.6 Å². The molecule has 0 amide bonds. The van der Waals surface area contributed by atoms with Crippen molar-refractivity contribution in [1.29, 1.82) is 5.41 Å². The van der Waals surface area contributed by atoms with E-state index >= 15 is 0 Å². The number of hydrogen-bond donors (Lipinski definition) is 2. The molecule has 0 fully saturated rings. The van der Waals surface area contributed by atoms with Gasteiger partial charge in [0, 0.05) is 23.4 Å². The second-order valence-corrected chi connectivity index (χ2v) is 5.16. The molecule has 0 aliphatic rings. The zero-order chi connectivity index (χ0) is 15.9. The summed E-state index contributed by atoms with van der Waals surface area (Å²) in [5.41, 5.74) is 2.07. The maximum Gasteiger partial charge on any atom is 0.135 e. The van der Waals surface area contributed by atoms with Gasteiger partial charge in [0.25, 0.3) is 0 Å². The van der Waals surface area contributed by atoms with Crippen molar-refractivity contribution in [3.05, 3.63) is 53.7 Å². The van der Waals surface area contributed by atoms with Crippen LogP contribution in [0.2, 0.25) is 0 Å². The number of nitrogens with zero attached hydrogens (tertiary/aromatic N) is 1. The number of pyridine rings is 1. The monoisotopic (exact) mass is 297 g/mol. The van der Waals surface area contributed by atoms with Crippen LogP contribution in [-0.4, -0.2) is 23.8 Å². The largest absolute Gasteiger partial charge is 0.497 e. The van der Waals surface area contributed by atoms with Crippen molar-refractivity contribution in [1.82, 2.24) is 4.98 Å². The van der Waals surface area contributed by atoms with E-state index in [-0.39, 0.29) is 0 Å². The molecule has 1 aromatic carbocycles. The summed E-state index contributed by atoms with van der Waals surface area (Å²) in [6.45, 7) is 4.30. The Balaban J connectivity index is 2.33. The van der Waals surface area contributed by atoms with E-state index in [4.69, 9.17) is 10.1 Å². The summed E-state index contributed by atoms with van der Waals surface area (Å²) in [5.74, 6) is 1.52. The van der Waals surface area contributed by atoms with Crippen LogP contribution in [0.3, 0.4) is 0 Å². The van der Waals surface area contributed by atoms with E-state index in [1.54, 1.807) is 13.3 Å². The highest BCUT2D eigenvalue weighted by Crippen LogP contribution is 2.21. The van der Waals surface area contributed by atoms with Crippen LogP contribution in [0, 0.1) is 5.41 Å². The lowest BCUT2D eigenvalue weighted by molar-refractivity contribution is 0.414. The fraction of sp³-hybridized carbons (Fsp3) is 0.333. The number of methoxy groups -OCH3 is 1. The number of benzene rings is 1. The normalized spacial score (nSPS) is 10.5. The molecule has 0 bridgehead atoms. The minimum atomic E-state index is 0.367. The maximum absolute atomic E-state index is 8.51. The minimum Gasteiger partial charge on any atom is -0.497 e. The zero-order valence-electron chi connectivity index (χ0n) is 13.4. The van der Waals surface area contributed by atoms with E-state index in [0.29, 0.717) is 11.8 Å². The maximum atomic E-state index is 8.51. The topological polar surface area (TPSA) is 58.0 Å². The minimum absolute atomic E-state index is 0.367. The van der Waals surface area contributed by atoms with Crippen molar-refractivity contribution in [2.45, 2.75) is 32.7 Å². The molecule has 116 valence electrons. The van der Waals surface area contributed by atoms with E-state index < -0.39 is 0 Å². The number of anilines is 1. The molecule has 0 unspecified atom stereocenters. The molecule has 0 atom stereocenters. The van der Waals surface area contributed by atoms with Gasteiger partial charge in [-0.05, 0) is 37.1 Å². The summed E-state index contributed by atoms with van der Waals surface area (Å²) in [6, 6.07) is 11.7. The van der Waals surface area contributed by atoms with Crippen LogP contribution in [0.4, 0.5) is 5.82 Å². The van der Waals surface area contributed by atoms with Gasteiger partial charge in [-0.3, -0.25) is 5.41 Å². The first-order valence-corrected chi connectivity index (χ1v) is 7.64. The molecule has 4 heteroatoms. The molecule has 1 heterocycles. The van der Waals surface area contributed by atoms with Crippen molar-refractivity contribution in [3.8, 4) is 5.75 Å². The number of hydrogen-bond acceptors (Lipinski definition) is 4. The molecule has 0 saturated carbocycles. The van der Waals surface area contributed by atoms with Crippen molar-refractivity contribution in [2.75, 3.05) is 12.4 Å². The van der Waals surface area contributed by atoms with Crippen molar-refractivity contribution in [3.63, 3.8) is 0 Å². The van der Waals surface area contributed by atoms with Gasteiger partial charge in [-0.15, -0.1) is 0 Å². The Labute approximate surface area is 132 Å². The van der Waals surface area contributed by atoms with Crippen LogP contribution in [0.1, 0.15) is 37.8 Å². The van der Waals surface area contributed by atoms with Gasteiger partial charge in [0.15, 0.2) is 0 Å². The third kappa shape index (κ3) is 3.64. The van der Waals surface area contributed by atoms with Gasteiger partial charge in [-0.25, -0.2) is 4.98 Å². The zero-order valence-corrected chi connectivity index (χ0v) is 13.4. The lowest BCUT2D eigenvalue weighted by Gasteiger charge is -2.18. The Morgan fingerprint density at radius 2 is 2.00 bits per heavy atom. The Morgan fingerprint density at radius 1 is 1.23 bits per heavy atom. The highest BCUT2D eigenvalue weighted by atomic mass is 16.5. The molecule has 0 radical (unpaired) electrons. The second-order valence-electron chi connectivity index (χ2n) is 5.16. The molecule has 22 heavy (non-hydrogen) atoms. The summed E-state index contributed by atoms with van der Waals surface area (Å²) in [5, 5.41) is 11.9. The molecular weight excluding hydrogens is 274 g/mol. The summed E-state index contributed by atoms with van der Waals surface area (Å²) >= 11 is 0. The predicted molar refractivity (Wildman–Crippen MR) is 91.2 cm³/mol. The van der Waals surface area contributed by atoms with E-state index in [0.717, 1.165) is 35.5 Å². The van der Waals surface area contributed by atoms with Gasteiger partial charge in [0.05, 0.1) is 12.8 Å². The number of nitrogens with one attached hydrogen (secondary N) is 2. The van der Waals surface area contributed by atoms with Crippen LogP contribution >= 0.6 is 0 Å². The van der Waals surface area contributed by atoms with Gasteiger partial charge in [-0.1, -0.05) is 26.0 Å². The van der Waals surface area contributed by atoms with E-state index in [1.165, 1.54) is 0 Å². The van der Waals surface area contributed by atoms with Crippen molar-refractivity contribution >= 4 is 11.5 Å². The molecule has 1 aromatic heterocycles. The molecule has 2 rings (SSSR count). The molecule has 0 saturated heterocycles. The lowest BCUT2D eigenvalue weighted by atomic mass is 10.0. The van der Waals surface area contributed by atoms with E-state index in [1.807, 2.05) is 36.4 Å². The molecule has 0 spiro atoms. The van der Waals surface area contributed by atoms with Crippen LogP contribution in [0.15, 0.2) is 42.6 Å². The van der Waals surface area contributed by atoms with Crippen LogP contribution in [0.25, 0.3) is 0 Å². The average Bonchev–Trinajstić information content (AvgIpc) is 2.59. The van der Waals surface area contributed by atoms with Gasteiger partial charge < -0.3 is 10.1 Å². The fourth-order valence-corrected chi connectivity index (χ4v) is 2.34. The van der Waals surface area contributed by atoms with Crippen LogP contribution in [-0.2, 0) is 0 Å². The Morgan fingerprint density at radius 3 is 2.68 bits per heavy atom. The second kappa shape index (κ2) is 7.59. The highest BCUT2D eigenvalue weighted by molar-refractivity contribution is 6.13. The third-order valence-corrected chi connectivity index (χ3v) is 3.76. The summed E-state index contributed by atoms with van der Waals surface area (Å²) in [6.07, 6.45) is 3.81. The number of ether oxygens (including phenoxy) is 1. The van der Waals surface area contributed by atoms with Crippen molar-refractivity contribution < 1.29 is 4.74 Å². The lowest BCUT2D eigenvalue weighted by Crippen LogP contribution is -2.20. The Bertz CT molecular complexity index is 636. The quantitative estimate of drug-likeness (QED) is 0.756. The Hall–Kier alpha value is -2.36. The van der Waals surface area contributed by atoms with Crippen LogP contribution < -0.4 is 10.1 Å². The molecular formula is C18H23N3O. The Kier molecular flexibility index (Phi) is 5.53. The van der Waals surface area contributed by atoms with E-state index in [9.17, 15) is 0 Å². The van der Waals surface area contributed by atoms with E-state index in [2.05, 4.69) is 24.1 Å². The third-order valence-electron chi connectivity index (χ3n) is 3.76. The first kappa shape index (κ1) is 16.0. The van der Waals surface area contributed by atoms with Gasteiger partial charge in [-0.2, -0.15) is 0 Å². The fourth-order valence-electron chi connectivity index (χ4n) is 2.34. The number of aromatic nitrogens is 1. The summed E-state index contributed by atoms with van der Waals surface area (Å²) in [4.78, 5) is 4.42. The standard InChI is InChI=1S/C18H23N3O/c1-4-14(5-2)21-18-16(10-7-11-20-18)17(19)13-8-6-9-15(12-13)22-3/h6-12,14,19H,4-5H2,1-3H3,(H,20,21). The summed E-state index contributed by atoms with van der Waals surface area (Å²) < 4.78 is 5.24. The average molecular weight is 297 g/mol. The SMILES string of the molecule is CCC(CC)Nc1ncccc1C(=N)c1cccc(OC)c1. The predicted octanol–water partition coefficient (Wildman–Crippen LogP) is 4.11. The molecule has 0 aliphatic heterocycles. The van der Waals surface area contributed by atoms with Gasteiger partial charge >= 0.3 is 0 Å². The van der Waals surface area contributed by atoms with Crippen LogP contribution in [0.5, 0.6) is 5.75 Å². The van der Waals surface area contributed by atoms with Crippen molar-refractivity contribution in [2.24, 2.45) is 0 Å². The summed E-state index contributed by atoms with van der Waals surface area (Å²) in [7, 11) is 1.63. The molecule has 0 aliphatic carbocycles. The van der Waals surface area contributed by atoms with Gasteiger partial charge in [0.2, 0.25) is 0 Å². The molecule has 2 N–H and O–H groups in total. The molecule has 2 aromatic rings. The first-order valence-electron chi connectivity index (χ1n) is 7.64.